The summed E-state index contributed by atoms with van der Waals surface area (Å²) in [6.45, 7) is 14.4. The molecule has 0 aliphatic heterocycles. The fourth-order valence-electron chi connectivity index (χ4n) is 10.9. The van der Waals surface area contributed by atoms with E-state index >= 15 is 0 Å². The Hall–Kier alpha value is -6.24. The molecule has 3 aliphatic carbocycles. The first-order valence-electron chi connectivity index (χ1n) is 21.4. The predicted molar refractivity (Wildman–Crippen MR) is 249 cm³/mol. The summed E-state index contributed by atoms with van der Waals surface area (Å²) < 4.78 is 0. The van der Waals surface area contributed by atoms with E-state index in [4.69, 9.17) is 0 Å². The van der Waals surface area contributed by atoms with Crippen molar-refractivity contribution >= 4 is 0 Å². The number of hydrogen-bond acceptors (Lipinski definition) is 0. The predicted octanol–water partition coefficient (Wildman–Crippen LogP) is 15.1. The Balaban J connectivity index is 0.843. The monoisotopic (exact) mass is 758 g/mol. The lowest BCUT2D eigenvalue weighted by Crippen LogP contribution is -2.16. The topological polar surface area (TPSA) is 0 Å². The summed E-state index contributed by atoms with van der Waals surface area (Å²) in [5, 5.41) is 0. The van der Waals surface area contributed by atoms with Gasteiger partial charge in [0.15, 0.2) is 0 Å². The molecule has 8 aromatic carbocycles. The van der Waals surface area contributed by atoms with Crippen LogP contribution < -0.4 is 0 Å². The van der Waals surface area contributed by atoms with Crippen molar-refractivity contribution < 1.29 is 0 Å². The van der Waals surface area contributed by atoms with Gasteiger partial charge in [0.2, 0.25) is 0 Å². The van der Waals surface area contributed by atoms with Crippen LogP contribution in [-0.4, -0.2) is 0 Å². The second kappa shape index (κ2) is 12.9. The molecule has 0 amide bonds. The molecule has 0 saturated carbocycles. The van der Waals surface area contributed by atoms with E-state index in [1.807, 2.05) is 0 Å². The lowest BCUT2D eigenvalue weighted by molar-refractivity contribution is 0.657. The Labute approximate surface area is 350 Å². The fourth-order valence-corrected chi connectivity index (χ4v) is 10.9. The average Bonchev–Trinajstić information content (AvgIpc) is 3.72. The summed E-state index contributed by atoms with van der Waals surface area (Å²) >= 11 is 0. The molecule has 0 bridgehead atoms. The van der Waals surface area contributed by atoms with Gasteiger partial charge in [0.05, 0.1) is 0 Å². The van der Waals surface area contributed by atoms with Gasteiger partial charge in [-0.3, -0.25) is 0 Å². The van der Waals surface area contributed by atoms with E-state index < -0.39 is 0 Å². The summed E-state index contributed by atoms with van der Waals surface area (Å²) in [6.07, 6.45) is 1.85. The molecular formula is C59H50. The Bertz CT molecular complexity index is 2790. The first kappa shape index (κ1) is 35.9. The maximum absolute atomic E-state index is 2.50. The molecule has 11 rings (SSSR count). The second-order valence-electron chi connectivity index (χ2n) is 19.0. The first-order valence-corrected chi connectivity index (χ1v) is 21.4. The summed E-state index contributed by atoms with van der Waals surface area (Å²) in [5.41, 5.74) is 27.3. The molecule has 0 saturated heterocycles. The molecule has 0 atom stereocenters. The van der Waals surface area contributed by atoms with E-state index in [9.17, 15) is 0 Å². The summed E-state index contributed by atoms with van der Waals surface area (Å²) in [5.74, 6) is 0. The second-order valence-corrected chi connectivity index (χ2v) is 19.0. The zero-order valence-electron chi connectivity index (χ0n) is 35.1. The van der Waals surface area contributed by atoms with Gasteiger partial charge in [-0.25, -0.2) is 0 Å². The first-order chi connectivity index (χ1) is 28.5. The maximum atomic E-state index is 2.50. The summed E-state index contributed by atoms with van der Waals surface area (Å²) in [7, 11) is 0. The van der Waals surface area contributed by atoms with Crippen molar-refractivity contribution in [2.75, 3.05) is 0 Å². The Morgan fingerprint density at radius 3 is 0.797 bits per heavy atom. The van der Waals surface area contributed by atoms with E-state index in [0.29, 0.717) is 0 Å². The van der Waals surface area contributed by atoms with E-state index in [1.165, 1.54) is 111 Å². The van der Waals surface area contributed by atoms with E-state index in [1.54, 1.807) is 0 Å². The van der Waals surface area contributed by atoms with Crippen LogP contribution in [0.5, 0.6) is 0 Å². The highest BCUT2D eigenvalue weighted by molar-refractivity contribution is 5.86. The Morgan fingerprint density at radius 1 is 0.254 bits per heavy atom. The SMILES string of the molecule is CC1(C)c2cc(Cc3ccc4c(c3)C(C)(C)c3cc(-c5ccccc5)ccc3-4)ccc2-c2ccc(Cc3ccc4c(c3)C(C)(C)c3cc(-c5ccccc5)ccc3-4)cc21. The molecule has 0 spiro atoms. The van der Waals surface area contributed by atoms with Crippen LogP contribution >= 0.6 is 0 Å². The van der Waals surface area contributed by atoms with Gasteiger partial charge in [-0.05, 0) is 136 Å². The largest absolute Gasteiger partial charge is 0.0622 e. The zero-order chi connectivity index (χ0) is 40.3. The highest BCUT2D eigenvalue weighted by Crippen LogP contribution is 2.53. The van der Waals surface area contributed by atoms with Gasteiger partial charge >= 0.3 is 0 Å². The Kier molecular flexibility index (Phi) is 7.83. The van der Waals surface area contributed by atoms with Crippen molar-refractivity contribution in [1.82, 2.24) is 0 Å². The molecule has 0 nitrogen and oxygen atoms in total. The zero-order valence-corrected chi connectivity index (χ0v) is 35.1. The molecule has 3 aliphatic rings. The fraction of sp³-hybridized carbons (Fsp3) is 0.186. The molecule has 59 heavy (non-hydrogen) atoms. The van der Waals surface area contributed by atoms with Gasteiger partial charge in [-0.2, -0.15) is 0 Å². The molecular weight excluding hydrogens is 709 g/mol. The van der Waals surface area contributed by atoms with Crippen LogP contribution in [0.1, 0.15) is 97.2 Å². The third-order valence-electron chi connectivity index (χ3n) is 14.3. The van der Waals surface area contributed by atoms with Crippen molar-refractivity contribution in [2.24, 2.45) is 0 Å². The number of hydrogen-bond donors (Lipinski definition) is 0. The highest BCUT2D eigenvalue weighted by Gasteiger charge is 2.38. The van der Waals surface area contributed by atoms with Crippen molar-refractivity contribution in [2.45, 2.75) is 70.6 Å². The molecule has 0 unspecified atom stereocenters. The quantitative estimate of drug-likeness (QED) is 0.158. The summed E-state index contributed by atoms with van der Waals surface area (Å²) in [6, 6.07) is 64.5. The molecule has 0 N–H and O–H groups in total. The van der Waals surface area contributed by atoms with Crippen molar-refractivity contribution in [1.29, 1.82) is 0 Å². The van der Waals surface area contributed by atoms with Crippen molar-refractivity contribution in [3.05, 3.63) is 225 Å². The summed E-state index contributed by atoms with van der Waals surface area (Å²) in [4.78, 5) is 0. The standard InChI is InChI=1S/C59H50/c1-57(2)51-31-37(29-39-19-25-47-49-27-21-43(41-13-9-7-10-14-41)35-55(49)58(3,4)53(47)33-39)17-23-45(51)46-24-18-38(32-52(46)57)30-40-20-26-48-50-28-22-44(42-15-11-8-12-16-42)36-56(50)59(5,6)54(48)34-40/h7-28,31-36H,29-30H2,1-6H3. The molecule has 286 valence electrons. The van der Waals surface area contributed by atoms with Crippen LogP contribution in [0.25, 0.3) is 55.6 Å². The minimum absolute atomic E-state index is 0.0572. The van der Waals surface area contributed by atoms with Crippen molar-refractivity contribution in [3.63, 3.8) is 0 Å². The number of rotatable bonds is 6. The molecule has 0 heteroatoms. The average molecular weight is 759 g/mol. The van der Waals surface area contributed by atoms with Crippen molar-refractivity contribution in [3.8, 4) is 55.6 Å². The minimum atomic E-state index is -0.0766. The van der Waals surface area contributed by atoms with Crippen LogP contribution in [0.3, 0.4) is 0 Å². The van der Waals surface area contributed by atoms with Gasteiger partial charge in [0.25, 0.3) is 0 Å². The van der Waals surface area contributed by atoms with Crippen LogP contribution in [0.15, 0.2) is 170 Å². The lowest BCUT2D eigenvalue weighted by atomic mass is 9.80. The molecule has 8 aromatic rings. The maximum Gasteiger partial charge on any atom is 0.0159 e. The van der Waals surface area contributed by atoms with Crippen LogP contribution in [0.4, 0.5) is 0 Å². The van der Waals surface area contributed by atoms with Gasteiger partial charge in [-0.15, -0.1) is 0 Å². The van der Waals surface area contributed by atoms with Gasteiger partial charge in [0, 0.05) is 16.2 Å². The van der Waals surface area contributed by atoms with Gasteiger partial charge < -0.3 is 0 Å². The van der Waals surface area contributed by atoms with Gasteiger partial charge in [0.1, 0.15) is 0 Å². The third-order valence-corrected chi connectivity index (χ3v) is 14.3. The minimum Gasteiger partial charge on any atom is -0.0622 e. The molecule has 0 radical (unpaired) electrons. The van der Waals surface area contributed by atoms with Gasteiger partial charge in [-0.1, -0.05) is 199 Å². The van der Waals surface area contributed by atoms with E-state index in [2.05, 4.69) is 211 Å². The van der Waals surface area contributed by atoms with E-state index in [-0.39, 0.29) is 16.2 Å². The molecule has 0 aromatic heterocycles. The number of benzene rings is 8. The van der Waals surface area contributed by atoms with Crippen LogP contribution in [0.2, 0.25) is 0 Å². The smallest absolute Gasteiger partial charge is 0.0159 e. The Morgan fingerprint density at radius 2 is 0.508 bits per heavy atom. The van der Waals surface area contributed by atoms with E-state index in [0.717, 1.165) is 12.8 Å². The third kappa shape index (κ3) is 5.56. The number of fused-ring (bicyclic) bond motifs is 9. The highest BCUT2D eigenvalue weighted by atomic mass is 14.4. The van der Waals surface area contributed by atoms with Crippen LogP contribution in [0, 0.1) is 0 Å². The molecule has 0 heterocycles. The van der Waals surface area contributed by atoms with Crippen LogP contribution in [-0.2, 0) is 29.1 Å². The molecule has 0 fully saturated rings. The normalized spacial score (nSPS) is 15.5. The lowest BCUT2D eigenvalue weighted by Gasteiger charge is -2.23.